The molecule has 4 saturated carbocycles. The second-order valence-corrected chi connectivity index (χ2v) is 25.6. The van der Waals surface area contributed by atoms with E-state index < -0.39 is 187 Å². The summed E-state index contributed by atoms with van der Waals surface area (Å²) in [5, 5.41) is 121. The lowest BCUT2D eigenvalue weighted by molar-refractivity contribution is -0.392. The Morgan fingerprint density at radius 1 is 0.737 bits per heavy atom. The van der Waals surface area contributed by atoms with Crippen molar-refractivity contribution in [3.05, 3.63) is 11.6 Å². The number of allylic oxidation sites excluding steroid dienone is 2. The summed E-state index contributed by atoms with van der Waals surface area (Å²) in [6.07, 6.45) is -22.9. The van der Waals surface area contributed by atoms with Gasteiger partial charge in [-0.15, -0.1) is 0 Å². The molecule has 0 spiro atoms. The van der Waals surface area contributed by atoms with Gasteiger partial charge in [0.2, 0.25) is 0 Å². The number of fused-ring (bicyclic) bond motifs is 7. The lowest BCUT2D eigenvalue weighted by Crippen LogP contribution is -2.72. The smallest absolute Gasteiger partial charge is 0.335 e. The van der Waals surface area contributed by atoms with Crippen LogP contribution in [0.5, 0.6) is 0 Å². The minimum Gasteiger partial charge on any atom is -0.479 e. The van der Waals surface area contributed by atoms with E-state index in [4.69, 9.17) is 37.9 Å². The third kappa shape index (κ3) is 9.49. The number of carbonyl (C=O) groups excluding carboxylic acids is 2. The summed E-state index contributed by atoms with van der Waals surface area (Å²) in [5.41, 5.74) is -3.16. The maximum Gasteiger partial charge on any atom is 0.335 e. The van der Waals surface area contributed by atoms with Crippen molar-refractivity contribution in [2.75, 3.05) is 19.8 Å². The van der Waals surface area contributed by atoms with Crippen molar-refractivity contribution in [3.63, 3.8) is 0 Å². The highest BCUT2D eigenvalue weighted by atomic mass is 16.8. The van der Waals surface area contributed by atoms with Crippen molar-refractivity contribution in [1.29, 1.82) is 0 Å². The third-order valence-electron chi connectivity index (χ3n) is 20.8. The van der Waals surface area contributed by atoms with E-state index in [9.17, 15) is 70.6 Å². The molecule has 434 valence electrons. The van der Waals surface area contributed by atoms with E-state index in [1.165, 1.54) is 6.92 Å². The summed E-state index contributed by atoms with van der Waals surface area (Å²) < 4.78 is 48.8. The quantitative estimate of drug-likeness (QED) is 0.0677. The van der Waals surface area contributed by atoms with E-state index in [-0.39, 0.29) is 23.7 Å². The minimum absolute atomic E-state index is 0.0410. The molecule has 0 radical (unpaired) electrons. The lowest BCUT2D eigenvalue weighted by Gasteiger charge is -2.72. The number of hydrogen-bond donors (Lipinski definition) is 11. The molecular weight excluding hydrogens is 1000 g/mol. The average Bonchev–Trinajstić information content (AvgIpc) is 3.34. The number of aliphatic hydroxyl groups excluding tert-OH is 10. The van der Waals surface area contributed by atoms with Crippen LogP contribution < -0.4 is 0 Å². The Hall–Kier alpha value is -2.49. The van der Waals surface area contributed by atoms with Gasteiger partial charge in [0.25, 0.3) is 0 Å². The number of ether oxygens (including phenoxy) is 8. The molecule has 1 unspecified atom stereocenters. The summed E-state index contributed by atoms with van der Waals surface area (Å²) in [6.45, 7) is 17.9. The first-order chi connectivity index (χ1) is 35.4. The highest BCUT2D eigenvalue weighted by molar-refractivity contribution is 5.73. The average molecular weight is 1090 g/mol. The van der Waals surface area contributed by atoms with Crippen LogP contribution in [0.4, 0.5) is 0 Å². The molecule has 7 fully saturated rings. The molecule has 5 aliphatic carbocycles. The first kappa shape index (κ1) is 59.6. The molecule has 8 aliphatic rings. The molecule has 0 amide bonds. The van der Waals surface area contributed by atoms with Crippen molar-refractivity contribution >= 4 is 17.9 Å². The maximum atomic E-state index is 13.7. The molecule has 8 rings (SSSR count). The van der Waals surface area contributed by atoms with Crippen LogP contribution in [-0.4, -0.2) is 204 Å². The topological polar surface area (TPSA) is 348 Å². The second kappa shape index (κ2) is 21.4. The fourth-order valence-corrected chi connectivity index (χ4v) is 16.0. The minimum atomic E-state index is -2.10. The van der Waals surface area contributed by atoms with Crippen molar-refractivity contribution in [1.82, 2.24) is 0 Å². The molecule has 76 heavy (non-hydrogen) atoms. The van der Waals surface area contributed by atoms with Gasteiger partial charge in [-0.1, -0.05) is 74.0 Å². The molecule has 11 N–H and O–H groups in total. The predicted molar refractivity (Wildman–Crippen MR) is 262 cm³/mol. The largest absolute Gasteiger partial charge is 0.479 e. The second-order valence-electron chi connectivity index (χ2n) is 25.6. The number of carbonyl (C=O) groups is 3. The molecular formula is C54H86O22. The van der Waals surface area contributed by atoms with Crippen LogP contribution >= 0.6 is 0 Å². The molecule has 3 heterocycles. The van der Waals surface area contributed by atoms with Crippen LogP contribution in [0.25, 0.3) is 0 Å². The standard InChI is InChI=1S/C54H86O22/c1-11-23(2)45(68)76-43-42(70-24(3)57)49(4,5)18-26-25-12-13-30-51(8)16-15-32(50(6,7)29(51)14-17-52(30,9)53(25,10)19-31(59)54(26,43)22-56)72-48-41(75-47-37(64)35(62)34(61)28(20-55)71-47)39(38(65)40(74-48)44(66)67)73-46-36(63)33(60)27(58)21-69-46/h12,23,26-43,46-48,55-56,58-65H,11,13-22H2,1-10H3,(H,66,67)/t23?,26-,27-,28+,29-,30+,31+,32-,33-,34+,35-,36+,37+,38-,39-,40-,41+,42-,43-,46-,47-,48+,51-,52+,53+,54-/m0/s1. The number of rotatable bonds is 13. The number of carboxylic acid groups (broad SMARTS) is 1. The van der Waals surface area contributed by atoms with Crippen molar-refractivity contribution in [2.24, 2.45) is 56.2 Å². The highest BCUT2D eigenvalue weighted by Crippen LogP contribution is 2.76. The van der Waals surface area contributed by atoms with Gasteiger partial charge in [-0.3, -0.25) is 9.59 Å². The van der Waals surface area contributed by atoms with Gasteiger partial charge in [0, 0.05) is 12.3 Å². The third-order valence-corrected chi connectivity index (χ3v) is 20.8. The zero-order valence-corrected chi connectivity index (χ0v) is 45.5. The molecule has 0 aromatic rings. The Morgan fingerprint density at radius 2 is 1.39 bits per heavy atom. The van der Waals surface area contributed by atoms with E-state index in [2.05, 4.69) is 40.7 Å². The molecule has 26 atom stereocenters. The van der Waals surface area contributed by atoms with Crippen LogP contribution in [0, 0.1) is 56.2 Å². The zero-order valence-electron chi connectivity index (χ0n) is 45.5. The molecule has 0 aromatic heterocycles. The first-order valence-corrected chi connectivity index (χ1v) is 27.3. The van der Waals surface area contributed by atoms with Gasteiger partial charge in [-0.05, 0) is 90.8 Å². The zero-order chi connectivity index (χ0) is 56.2. The summed E-state index contributed by atoms with van der Waals surface area (Å²) in [7, 11) is 0. The normalized spacial score (nSPS) is 50.1. The van der Waals surface area contributed by atoms with E-state index in [0.29, 0.717) is 44.9 Å². The van der Waals surface area contributed by atoms with E-state index in [1.54, 1.807) is 6.92 Å². The van der Waals surface area contributed by atoms with Crippen molar-refractivity contribution in [3.8, 4) is 0 Å². The van der Waals surface area contributed by atoms with Crippen molar-refractivity contribution < 1.29 is 108 Å². The molecule has 22 heteroatoms. The van der Waals surface area contributed by atoms with Gasteiger partial charge < -0.3 is 94.1 Å². The number of aliphatic carboxylic acids is 1. The van der Waals surface area contributed by atoms with Gasteiger partial charge in [0.1, 0.15) is 73.2 Å². The van der Waals surface area contributed by atoms with Crippen LogP contribution in [-0.2, 0) is 52.3 Å². The van der Waals surface area contributed by atoms with Crippen LogP contribution in [0.3, 0.4) is 0 Å². The molecule has 0 bridgehead atoms. The SMILES string of the molecule is CCC(C)C(=O)O[C@H]1[C@H](OC(C)=O)C(C)(C)C[C@H]2C3=CC[C@@H]4[C@@]5(C)CC[C@H](O[C@@H]6O[C@H](C(=O)O)[C@@H](O)[C@H](O[C@@H]7OC[C@H](O)[C@H](O)[C@H]7O)[C@H]6O[C@@H]6O[C@H](CO)[C@@H](O)[C@H](O)[C@H]6O)C(C)(C)[C@@H]5CC[C@@]4(C)[C@]3(C)C[C@@H](O)[C@]21CO. The van der Waals surface area contributed by atoms with Gasteiger partial charge >= 0.3 is 17.9 Å². The summed E-state index contributed by atoms with van der Waals surface area (Å²) in [4.78, 5) is 39.3. The number of esters is 2. The Bertz CT molecular complexity index is 2150. The summed E-state index contributed by atoms with van der Waals surface area (Å²) in [5.74, 6) is -3.64. The molecule has 3 saturated heterocycles. The van der Waals surface area contributed by atoms with E-state index in [1.807, 2.05) is 20.8 Å². The number of hydrogen-bond acceptors (Lipinski definition) is 21. The Balaban J connectivity index is 1.12. The molecule has 0 aromatic carbocycles. The molecule has 22 nitrogen and oxygen atoms in total. The molecule has 3 aliphatic heterocycles. The number of aliphatic hydroxyl groups is 10. The maximum absolute atomic E-state index is 13.7. The van der Waals surface area contributed by atoms with Gasteiger partial charge in [0.15, 0.2) is 25.0 Å². The van der Waals surface area contributed by atoms with Crippen LogP contribution in [0.1, 0.15) is 121 Å². The van der Waals surface area contributed by atoms with E-state index in [0.717, 1.165) is 5.57 Å². The lowest BCUT2D eigenvalue weighted by atomic mass is 9.33. The van der Waals surface area contributed by atoms with Gasteiger partial charge in [0.05, 0.1) is 43.4 Å². The fourth-order valence-electron chi connectivity index (χ4n) is 16.0. The Labute approximate surface area is 443 Å². The highest BCUT2D eigenvalue weighted by Gasteiger charge is 2.74. The fraction of sp³-hybridized carbons (Fsp3) is 0.907. The van der Waals surface area contributed by atoms with Crippen LogP contribution in [0.2, 0.25) is 0 Å². The van der Waals surface area contributed by atoms with Gasteiger partial charge in [-0.2, -0.15) is 0 Å². The van der Waals surface area contributed by atoms with E-state index >= 15 is 0 Å². The van der Waals surface area contributed by atoms with Gasteiger partial charge in [-0.25, -0.2) is 4.79 Å². The Morgan fingerprint density at radius 3 is 2.01 bits per heavy atom. The monoisotopic (exact) mass is 1090 g/mol. The van der Waals surface area contributed by atoms with Crippen molar-refractivity contribution in [2.45, 2.75) is 231 Å². The number of carboxylic acids is 1. The van der Waals surface area contributed by atoms with Crippen LogP contribution in [0.15, 0.2) is 11.6 Å². The predicted octanol–water partition coefficient (Wildman–Crippen LogP) is 0.426. The first-order valence-electron chi connectivity index (χ1n) is 27.3. The summed E-state index contributed by atoms with van der Waals surface area (Å²) in [6, 6.07) is 0. The summed E-state index contributed by atoms with van der Waals surface area (Å²) >= 11 is 0. The Kier molecular flexibility index (Phi) is 16.8.